The smallest absolute Gasteiger partial charge is 0.251 e. The molecule has 4 nitrogen and oxygen atoms in total. The summed E-state index contributed by atoms with van der Waals surface area (Å²) in [7, 11) is 0. The van der Waals surface area contributed by atoms with Crippen LogP contribution in [0.15, 0.2) is 54.6 Å². The van der Waals surface area contributed by atoms with Crippen molar-refractivity contribution in [2.45, 2.75) is 45.1 Å². The lowest BCUT2D eigenvalue weighted by Gasteiger charge is -2.26. The van der Waals surface area contributed by atoms with E-state index in [2.05, 4.69) is 17.4 Å². The molecule has 0 aliphatic carbocycles. The Labute approximate surface area is 155 Å². The molecule has 0 saturated carbocycles. The fourth-order valence-electron chi connectivity index (χ4n) is 3.28. The third kappa shape index (κ3) is 4.72. The summed E-state index contributed by atoms with van der Waals surface area (Å²) < 4.78 is 0. The Morgan fingerprint density at radius 3 is 2.50 bits per heavy atom. The van der Waals surface area contributed by atoms with Gasteiger partial charge in [-0.2, -0.15) is 0 Å². The van der Waals surface area contributed by atoms with Gasteiger partial charge >= 0.3 is 0 Å². The van der Waals surface area contributed by atoms with Gasteiger partial charge in [-0.25, -0.2) is 0 Å². The van der Waals surface area contributed by atoms with E-state index in [1.165, 1.54) is 5.56 Å². The number of carbonyl (C=O) groups is 2. The summed E-state index contributed by atoms with van der Waals surface area (Å²) in [5.41, 5.74) is 2.79. The monoisotopic (exact) mass is 350 g/mol. The number of piperidine rings is 1. The molecule has 2 aromatic carbocycles. The SMILES string of the molecule is CC(CCc1ccccc1)NC(=O)c1ccc(N2CCCCC2=O)cc1. The quantitative estimate of drug-likeness (QED) is 0.857. The normalized spacial score (nSPS) is 15.6. The second-order valence-corrected chi connectivity index (χ2v) is 6.95. The predicted molar refractivity (Wildman–Crippen MR) is 104 cm³/mol. The van der Waals surface area contributed by atoms with Gasteiger partial charge < -0.3 is 10.2 Å². The molecule has 1 heterocycles. The average molecular weight is 350 g/mol. The Bertz CT molecular complexity index is 740. The van der Waals surface area contributed by atoms with Crippen LogP contribution in [0.4, 0.5) is 5.69 Å². The van der Waals surface area contributed by atoms with Gasteiger partial charge in [0.2, 0.25) is 5.91 Å². The number of benzene rings is 2. The Balaban J connectivity index is 1.53. The first-order valence-corrected chi connectivity index (χ1v) is 9.39. The molecule has 136 valence electrons. The highest BCUT2D eigenvalue weighted by atomic mass is 16.2. The topological polar surface area (TPSA) is 49.4 Å². The molecule has 1 fully saturated rings. The van der Waals surface area contributed by atoms with E-state index >= 15 is 0 Å². The van der Waals surface area contributed by atoms with E-state index in [1.54, 1.807) is 12.1 Å². The Morgan fingerprint density at radius 2 is 1.81 bits per heavy atom. The first-order valence-electron chi connectivity index (χ1n) is 9.39. The zero-order valence-electron chi connectivity index (χ0n) is 15.3. The fraction of sp³-hybridized carbons (Fsp3) is 0.364. The van der Waals surface area contributed by atoms with E-state index in [1.807, 2.05) is 42.2 Å². The van der Waals surface area contributed by atoms with Crippen LogP contribution in [-0.2, 0) is 11.2 Å². The van der Waals surface area contributed by atoms with Crippen LogP contribution in [-0.4, -0.2) is 24.4 Å². The van der Waals surface area contributed by atoms with Gasteiger partial charge in [-0.1, -0.05) is 30.3 Å². The van der Waals surface area contributed by atoms with Gasteiger partial charge in [-0.15, -0.1) is 0 Å². The molecule has 0 aromatic heterocycles. The molecule has 0 radical (unpaired) electrons. The van der Waals surface area contributed by atoms with Crippen LogP contribution in [0.25, 0.3) is 0 Å². The van der Waals surface area contributed by atoms with Crippen molar-refractivity contribution in [1.29, 1.82) is 0 Å². The zero-order chi connectivity index (χ0) is 18.4. The lowest BCUT2D eigenvalue weighted by Crippen LogP contribution is -2.35. The zero-order valence-corrected chi connectivity index (χ0v) is 15.3. The number of nitrogens with one attached hydrogen (secondary N) is 1. The summed E-state index contributed by atoms with van der Waals surface area (Å²) in [6, 6.07) is 17.7. The summed E-state index contributed by atoms with van der Waals surface area (Å²) >= 11 is 0. The standard InChI is InChI=1S/C22H26N2O2/c1-17(10-11-18-7-3-2-4-8-18)23-22(26)19-12-14-20(15-13-19)24-16-6-5-9-21(24)25/h2-4,7-8,12-15,17H,5-6,9-11,16H2,1H3,(H,23,26). The maximum absolute atomic E-state index is 12.4. The van der Waals surface area contributed by atoms with Gasteiger partial charge in [0.25, 0.3) is 5.91 Å². The summed E-state index contributed by atoms with van der Waals surface area (Å²) in [5, 5.41) is 3.05. The largest absolute Gasteiger partial charge is 0.350 e. The number of aryl methyl sites for hydroxylation is 1. The maximum atomic E-state index is 12.4. The van der Waals surface area contributed by atoms with Gasteiger partial charge in [-0.05, 0) is 62.4 Å². The van der Waals surface area contributed by atoms with Gasteiger partial charge in [0.05, 0.1) is 0 Å². The molecule has 2 amide bonds. The molecule has 0 spiro atoms. The first-order chi connectivity index (χ1) is 12.6. The van der Waals surface area contributed by atoms with Crippen molar-refractivity contribution in [3.05, 3.63) is 65.7 Å². The van der Waals surface area contributed by atoms with Gasteiger partial charge in [0.15, 0.2) is 0 Å². The van der Waals surface area contributed by atoms with Crippen LogP contribution in [0.1, 0.15) is 48.5 Å². The highest BCUT2D eigenvalue weighted by molar-refractivity contribution is 5.97. The molecule has 1 aliphatic heterocycles. The lowest BCUT2D eigenvalue weighted by molar-refractivity contribution is -0.119. The molecule has 26 heavy (non-hydrogen) atoms. The molecule has 1 saturated heterocycles. The predicted octanol–water partition coefficient (Wildman–Crippen LogP) is 3.95. The van der Waals surface area contributed by atoms with Crippen LogP contribution in [0.5, 0.6) is 0 Å². The number of hydrogen-bond donors (Lipinski definition) is 1. The molecular formula is C22H26N2O2. The second-order valence-electron chi connectivity index (χ2n) is 6.95. The summed E-state index contributed by atoms with van der Waals surface area (Å²) in [6.07, 6.45) is 4.46. The number of carbonyl (C=O) groups excluding carboxylic acids is 2. The van der Waals surface area contributed by atoms with Crippen LogP contribution in [0.2, 0.25) is 0 Å². The molecule has 3 rings (SSSR count). The number of rotatable bonds is 6. The van der Waals surface area contributed by atoms with E-state index < -0.39 is 0 Å². The molecule has 4 heteroatoms. The maximum Gasteiger partial charge on any atom is 0.251 e. The molecular weight excluding hydrogens is 324 g/mol. The molecule has 1 N–H and O–H groups in total. The summed E-state index contributed by atoms with van der Waals surface area (Å²) in [5.74, 6) is 0.102. The third-order valence-electron chi connectivity index (χ3n) is 4.85. The third-order valence-corrected chi connectivity index (χ3v) is 4.85. The first kappa shape index (κ1) is 18.2. The van der Waals surface area contributed by atoms with Gasteiger partial charge in [0, 0.05) is 30.3 Å². The molecule has 1 atom stereocenters. The van der Waals surface area contributed by atoms with Gasteiger partial charge in [0.1, 0.15) is 0 Å². The average Bonchev–Trinajstić information content (AvgIpc) is 2.68. The molecule has 2 aromatic rings. The van der Waals surface area contributed by atoms with E-state index in [9.17, 15) is 9.59 Å². The minimum absolute atomic E-state index is 0.0675. The van der Waals surface area contributed by atoms with Crippen molar-refractivity contribution in [1.82, 2.24) is 5.32 Å². The van der Waals surface area contributed by atoms with Crippen LogP contribution < -0.4 is 10.2 Å². The van der Waals surface area contributed by atoms with Crippen molar-refractivity contribution < 1.29 is 9.59 Å². The molecule has 1 aliphatic rings. The fourth-order valence-corrected chi connectivity index (χ4v) is 3.28. The number of nitrogens with zero attached hydrogens (tertiary/aromatic N) is 1. The van der Waals surface area contributed by atoms with E-state index in [4.69, 9.17) is 0 Å². The van der Waals surface area contributed by atoms with Gasteiger partial charge in [-0.3, -0.25) is 9.59 Å². The van der Waals surface area contributed by atoms with E-state index in [0.717, 1.165) is 37.9 Å². The Morgan fingerprint density at radius 1 is 1.08 bits per heavy atom. The number of amides is 2. The van der Waals surface area contributed by atoms with Crippen molar-refractivity contribution >= 4 is 17.5 Å². The molecule has 1 unspecified atom stereocenters. The van der Waals surface area contributed by atoms with Crippen molar-refractivity contribution in [3.8, 4) is 0 Å². The van der Waals surface area contributed by atoms with Crippen molar-refractivity contribution in [2.24, 2.45) is 0 Å². The lowest BCUT2D eigenvalue weighted by atomic mass is 10.1. The molecule has 0 bridgehead atoms. The Hall–Kier alpha value is -2.62. The van der Waals surface area contributed by atoms with E-state index in [-0.39, 0.29) is 17.9 Å². The summed E-state index contributed by atoms with van der Waals surface area (Å²) in [6.45, 7) is 2.79. The highest BCUT2D eigenvalue weighted by Crippen LogP contribution is 2.21. The van der Waals surface area contributed by atoms with Crippen LogP contribution in [0, 0.1) is 0 Å². The number of hydrogen-bond acceptors (Lipinski definition) is 2. The van der Waals surface area contributed by atoms with E-state index in [0.29, 0.717) is 12.0 Å². The van der Waals surface area contributed by atoms with Crippen LogP contribution >= 0.6 is 0 Å². The summed E-state index contributed by atoms with van der Waals surface area (Å²) in [4.78, 5) is 26.2. The van der Waals surface area contributed by atoms with Crippen LogP contribution in [0.3, 0.4) is 0 Å². The van der Waals surface area contributed by atoms with Crippen molar-refractivity contribution in [2.75, 3.05) is 11.4 Å². The minimum Gasteiger partial charge on any atom is -0.350 e. The minimum atomic E-state index is -0.0675. The number of anilines is 1. The second kappa shape index (κ2) is 8.65. The van der Waals surface area contributed by atoms with Crippen molar-refractivity contribution in [3.63, 3.8) is 0 Å². The highest BCUT2D eigenvalue weighted by Gasteiger charge is 2.19. The Kier molecular flexibility index (Phi) is 6.05.